The highest BCUT2D eigenvalue weighted by molar-refractivity contribution is 7.92. The van der Waals surface area contributed by atoms with Crippen LogP contribution in [0.1, 0.15) is 5.56 Å². The lowest BCUT2D eigenvalue weighted by atomic mass is 10.2. The van der Waals surface area contributed by atoms with Crippen molar-refractivity contribution in [1.82, 2.24) is 0 Å². The fraction of sp³-hybridized carbons (Fsp3) is 0.136. The number of hydrogen-bond acceptors (Lipinski definition) is 4. The van der Waals surface area contributed by atoms with Crippen LogP contribution in [0, 0.1) is 12.7 Å². The van der Waals surface area contributed by atoms with E-state index in [1.54, 1.807) is 30.3 Å². The quantitative estimate of drug-likeness (QED) is 0.555. The van der Waals surface area contributed by atoms with Crippen LogP contribution in [0.5, 0.6) is 5.75 Å². The van der Waals surface area contributed by atoms with Gasteiger partial charge >= 0.3 is 0 Å². The maximum Gasteiger partial charge on any atom is 0.264 e. The second-order valence-corrected chi connectivity index (χ2v) is 8.95. The summed E-state index contributed by atoms with van der Waals surface area (Å²) in [5.74, 6) is -0.605. The number of aryl methyl sites for hydroxylation is 1. The summed E-state index contributed by atoms with van der Waals surface area (Å²) in [6.45, 7) is 1.33. The number of methoxy groups -OCH3 is 1. The fourth-order valence-corrected chi connectivity index (χ4v) is 4.40. The molecule has 6 nitrogen and oxygen atoms in total. The van der Waals surface area contributed by atoms with Gasteiger partial charge in [0, 0.05) is 10.7 Å². The first-order valence-electron chi connectivity index (χ1n) is 9.19. The maximum absolute atomic E-state index is 13.3. The molecule has 0 aliphatic carbocycles. The van der Waals surface area contributed by atoms with Gasteiger partial charge in [-0.1, -0.05) is 17.7 Å². The highest BCUT2D eigenvalue weighted by atomic mass is 35.5. The number of nitrogens with one attached hydrogen (secondary N) is 1. The number of amides is 1. The van der Waals surface area contributed by atoms with E-state index in [1.807, 2.05) is 6.92 Å². The molecule has 0 saturated carbocycles. The minimum absolute atomic E-state index is 0.143. The zero-order valence-electron chi connectivity index (χ0n) is 16.8. The predicted molar refractivity (Wildman–Crippen MR) is 119 cm³/mol. The molecule has 3 aromatic carbocycles. The van der Waals surface area contributed by atoms with Crippen LogP contribution in [0.15, 0.2) is 71.6 Å². The molecule has 3 rings (SSSR count). The van der Waals surface area contributed by atoms with Gasteiger partial charge in [0.15, 0.2) is 0 Å². The van der Waals surface area contributed by atoms with Crippen LogP contribution in [0.4, 0.5) is 15.8 Å². The zero-order chi connectivity index (χ0) is 22.6. The summed E-state index contributed by atoms with van der Waals surface area (Å²) in [5, 5.41) is 3.13. The molecule has 1 N–H and O–H groups in total. The van der Waals surface area contributed by atoms with Crippen molar-refractivity contribution in [3.63, 3.8) is 0 Å². The Balaban J connectivity index is 1.93. The van der Waals surface area contributed by atoms with E-state index in [1.165, 1.54) is 19.2 Å². The van der Waals surface area contributed by atoms with Crippen molar-refractivity contribution >= 4 is 38.9 Å². The molecule has 0 radical (unpaired) electrons. The zero-order valence-corrected chi connectivity index (χ0v) is 18.4. The Kier molecular flexibility index (Phi) is 6.82. The van der Waals surface area contributed by atoms with E-state index in [2.05, 4.69) is 5.32 Å². The van der Waals surface area contributed by atoms with Crippen molar-refractivity contribution in [3.05, 3.63) is 83.1 Å². The molecule has 0 saturated heterocycles. The Morgan fingerprint density at radius 1 is 1.06 bits per heavy atom. The van der Waals surface area contributed by atoms with Crippen LogP contribution in [0.3, 0.4) is 0 Å². The molecule has 0 atom stereocenters. The molecule has 0 aliphatic heterocycles. The molecule has 3 aromatic rings. The molecular weight excluding hydrogens is 443 g/mol. The molecule has 0 unspecified atom stereocenters. The standard InChI is InChI=1S/C22H20ClFN2O4S/c1-15-3-6-17(13-21(15)23)25-22(27)14-26(18-7-9-19(30-2)10-8-18)31(28,29)20-11-4-16(24)5-12-20/h3-13H,14H2,1-2H3,(H,25,27). The molecule has 0 aliphatic rings. The molecule has 162 valence electrons. The number of ether oxygens (including phenoxy) is 1. The first-order chi connectivity index (χ1) is 14.7. The summed E-state index contributed by atoms with van der Waals surface area (Å²) < 4.78 is 45.9. The molecule has 0 heterocycles. The summed E-state index contributed by atoms with van der Waals surface area (Å²) in [7, 11) is -2.67. The summed E-state index contributed by atoms with van der Waals surface area (Å²) in [5.41, 5.74) is 1.54. The Morgan fingerprint density at radius 2 is 1.71 bits per heavy atom. The predicted octanol–water partition coefficient (Wildman–Crippen LogP) is 4.63. The number of hydrogen-bond donors (Lipinski definition) is 1. The van der Waals surface area contributed by atoms with E-state index < -0.39 is 28.3 Å². The fourth-order valence-electron chi connectivity index (χ4n) is 2.80. The third kappa shape index (κ3) is 5.34. The summed E-state index contributed by atoms with van der Waals surface area (Å²) in [6, 6.07) is 15.6. The second-order valence-electron chi connectivity index (χ2n) is 6.68. The van der Waals surface area contributed by atoms with Crippen molar-refractivity contribution in [1.29, 1.82) is 0 Å². The number of carbonyl (C=O) groups is 1. The molecule has 1 amide bonds. The molecule has 9 heteroatoms. The monoisotopic (exact) mass is 462 g/mol. The highest BCUT2D eigenvalue weighted by Crippen LogP contribution is 2.26. The van der Waals surface area contributed by atoms with Gasteiger partial charge in [-0.05, 0) is 73.2 Å². The second kappa shape index (κ2) is 9.36. The van der Waals surface area contributed by atoms with Crippen LogP contribution in [0.2, 0.25) is 5.02 Å². The topological polar surface area (TPSA) is 75.7 Å². The number of benzene rings is 3. The smallest absolute Gasteiger partial charge is 0.264 e. The van der Waals surface area contributed by atoms with E-state index in [9.17, 15) is 17.6 Å². The van der Waals surface area contributed by atoms with Crippen molar-refractivity contribution in [2.24, 2.45) is 0 Å². The Bertz CT molecular complexity index is 1180. The van der Waals surface area contributed by atoms with Crippen LogP contribution in [-0.4, -0.2) is 28.0 Å². The lowest BCUT2D eigenvalue weighted by Crippen LogP contribution is -2.38. The van der Waals surface area contributed by atoms with Crippen LogP contribution >= 0.6 is 11.6 Å². The molecule has 0 bridgehead atoms. The largest absolute Gasteiger partial charge is 0.497 e. The minimum atomic E-state index is -4.15. The van der Waals surface area contributed by atoms with Gasteiger partial charge in [0.05, 0.1) is 17.7 Å². The minimum Gasteiger partial charge on any atom is -0.497 e. The van der Waals surface area contributed by atoms with Gasteiger partial charge in [-0.15, -0.1) is 0 Å². The van der Waals surface area contributed by atoms with E-state index >= 15 is 0 Å². The first kappa shape index (κ1) is 22.6. The number of sulfonamides is 1. The number of carbonyl (C=O) groups excluding carboxylic acids is 1. The summed E-state index contributed by atoms with van der Waals surface area (Å²) in [4.78, 5) is 12.6. The van der Waals surface area contributed by atoms with Gasteiger partial charge in [-0.3, -0.25) is 9.10 Å². The van der Waals surface area contributed by atoms with Crippen LogP contribution in [-0.2, 0) is 14.8 Å². The Morgan fingerprint density at radius 3 is 2.29 bits per heavy atom. The number of rotatable bonds is 7. The Labute approximate surface area is 185 Å². The SMILES string of the molecule is COc1ccc(N(CC(=O)Nc2ccc(C)c(Cl)c2)S(=O)(=O)c2ccc(F)cc2)cc1. The van der Waals surface area contributed by atoms with Gasteiger partial charge in [0.1, 0.15) is 18.1 Å². The first-order valence-corrected chi connectivity index (χ1v) is 11.0. The van der Waals surface area contributed by atoms with E-state index in [0.29, 0.717) is 16.5 Å². The van der Waals surface area contributed by atoms with Gasteiger partial charge in [-0.2, -0.15) is 0 Å². The van der Waals surface area contributed by atoms with Gasteiger partial charge in [0.2, 0.25) is 5.91 Å². The molecule has 31 heavy (non-hydrogen) atoms. The van der Waals surface area contributed by atoms with Crippen molar-refractivity contribution < 1.29 is 22.3 Å². The van der Waals surface area contributed by atoms with Gasteiger partial charge < -0.3 is 10.1 Å². The molecule has 0 spiro atoms. The summed E-state index contributed by atoms with van der Waals surface area (Å²) in [6.07, 6.45) is 0. The van der Waals surface area contributed by atoms with E-state index in [-0.39, 0.29) is 10.6 Å². The van der Waals surface area contributed by atoms with Crippen molar-refractivity contribution in [2.75, 3.05) is 23.3 Å². The van der Waals surface area contributed by atoms with E-state index in [0.717, 1.165) is 34.1 Å². The normalized spacial score (nSPS) is 11.1. The third-order valence-electron chi connectivity index (χ3n) is 4.50. The summed E-state index contributed by atoms with van der Waals surface area (Å²) >= 11 is 6.09. The van der Waals surface area contributed by atoms with Gasteiger partial charge in [-0.25, -0.2) is 12.8 Å². The lowest BCUT2D eigenvalue weighted by Gasteiger charge is -2.24. The van der Waals surface area contributed by atoms with Crippen molar-refractivity contribution in [3.8, 4) is 5.75 Å². The molecule has 0 fully saturated rings. The highest BCUT2D eigenvalue weighted by Gasteiger charge is 2.27. The van der Waals surface area contributed by atoms with Crippen molar-refractivity contribution in [2.45, 2.75) is 11.8 Å². The van der Waals surface area contributed by atoms with Crippen LogP contribution < -0.4 is 14.4 Å². The molecule has 0 aromatic heterocycles. The average Bonchev–Trinajstić information content (AvgIpc) is 2.75. The Hall–Kier alpha value is -3.10. The van der Waals surface area contributed by atoms with Gasteiger partial charge in [0.25, 0.3) is 10.0 Å². The number of anilines is 2. The molecular formula is C22H20ClFN2O4S. The maximum atomic E-state index is 13.3. The number of nitrogens with zero attached hydrogens (tertiary/aromatic N) is 1. The average molecular weight is 463 g/mol. The number of halogens is 2. The van der Waals surface area contributed by atoms with E-state index in [4.69, 9.17) is 16.3 Å². The third-order valence-corrected chi connectivity index (χ3v) is 6.70. The lowest BCUT2D eigenvalue weighted by molar-refractivity contribution is -0.114. The van der Waals surface area contributed by atoms with Crippen LogP contribution in [0.25, 0.3) is 0 Å².